The summed E-state index contributed by atoms with van der Waals surface area (Å²) < 4.78 is 0. The van der Waals surface area contributed by atoms with Crippen LogP contribution in [0.5, 0.6) is 0 Å². The molecule has 3 N–H and O–H groups in total. The molecule has 0 amide bonds. The van der Waals surface area contributed by atoms with E-state index in [1.165, 1.54) is 0 Å². The molecule has 0 radical (unpaired) electrons. The van der Waals surface area contributed by atoms with Crippen molar-refractivity contribution in [3.05, 3.63) is 71.3 Å². The predicted octanol–water partition coefficient (Wildman–Crippen LogP) is 2.35. The molecular weight excluding hydrogens is 234 g/mol. The number of hydrogen-bond donors (Lipinski definition) is 2. The molecule has 2 rings (SSSR count). The van der Waals surface area contributed by atoms with Crippen LogP contribution in [0.4, 0.5) is 0 Å². The molecule has 2 aromatic rings. The first-order valence-corrected chi connectivity index (χ1v) is 6.30. The van der Waals surface area contributed by atoms with Gasteiger partial charge in [-0.05, 0) is 23.3 Å². The average molecular weight is 251 g/mol. The van der Waals surface area contributed by atoms with Crippen LogP contribution >= 0.6 is 0 Å². The van der Waals surface area contributed by atoms with Crippen molar-refractivity contribution in [2.24, 2.45) is 5.73 Å². The molecule has 0 aromatic heterocycles. The van der Waals surface area contributed by atoms with Gasteiger partial charge in [-0.25, -0.2) is 0 Å². The highest BCUT2D eigenvalue weighted by Crippen LogP contribution is 2.09. The molecule has 0 fully saturated rings. The molecule has 0 aliphatic carbocycles. The standard InChI is InChI=1S/C16H17N3/c17-10-13-5-4-6-14(9-13)11-19-12-16(18)15-7-2-1-3-8-15/h1-9,16,19H,11-12,18H2/t16-/m1/s1. The normalized spacial score (nSPS) is 11.8. The van der Waals surface area contributed by atoms with Gasteiger partial charge in [0.25, 0.3) is 0 Å². The Balaban J connectivity index is 1.85. The number of nitrogens with two attached hydrogens (primary N) is 1. The van der Waals surface area contributed by atoms with E-state index in [4.69, 9.17) is 11.0 Å². The second-order valence-electron chi connectivity index (χ2n) is 4.46. The van der Waals surface area contributed by atoms with E-state index in [9.17, 15) is 0 Å². The van der Waals surface area contributed by atoms with Gasteiger partial charge in [0.1, 0.15) is 0 Å². The molecule has 0 saturated heterocycles. The number of rotatable bonds is 5. The van der Waals surface area contributed by atoms with Crippen molar-refractivity contribution in [2.45, 2.75) is 12.6 Å². The van der Waals surface area contributed by atoms with Crippen molar-refractivity contribution in [3.63, 3.8) is 0 Å². The van der Waals surface area contributed by atoms with Crippen LogP contribution in [-0.2, 0) is 6.54 Å². The molecule has 0 bridgehead atoms. The highest BCUT2D eigenvalue weighted by Gasteiger charge is 2.04. The quantitative estimate of drug-likeness (QED) is 0.857. The molecule has 1 atom stereocenters. The lowest BCUT2D eigenvalue weighted by atomic mass is 10.1. The maximum absolute atomic E-state index is 8.83. The molecular formula is C16H17N3. The minimum atomic E-state index is -0.0136. The van der Waals surface area contributed by atoms with Gasteiger partial charge in [0.15, 0.2) is 0 Å². The van der Waals surface area contributed by atoms with E-state index in [1.54, 1.807) is 6.07 Å². The lowest BCUT2D eigenvalue weighted by molar-refractivity contribution is 0.598. The van der Waals surface area contributed by atoms with E-state index >= 15 is 0 Å². The highest BCUT2D eigenvalue weighted by atomic mass is 14.9. The Hall–Kier alpha value is -2.15. The molecule has 0 unspecified atom stereocenters. The number of benzene rings is 2. The maximum Gasteiger partial charge on any atom is 0.0991 e. The summed E-state index contributed by atoms with van der Waals surface area (Å²) in [5, 5.41) is 12.2. The molecule has 96 valence electrons. The number of nitrogens with one attached hydrogen (secondary N) is 1. The third-order valence-corrected chi connectivity index (χ3v) is 2.98. The van der Waals surface area contributed by atoms with Gasteiger partial charge < -0.3 is 11.1 Å². The van der Waals surface area contributed by atoms with Gasteiger partial charge in [0.05, 0.1) is 11.6 Å². The molecule has 3 heteroatoms. The Morgan fingerprint density at radius 2 is 1.89 bits per heavy atom. The Bertz CT molecular complexity index is 558. The second kappa shape index (κ2) is 6.69. The monoisotopic (exact) mass is 251 g/mol. The summed E-state index contributed by atoms with van der Waals surface area (Å²) >= 11 is 0. The fourth-order valence-electron chi connectivity index (χ4n) is 1.94. The zero-order valence-corrected chi connectivity index (χ0v) is 10.7. The first-order valence-electron chi connectivity index (χ1n) is 6.30. The third kappa shape index (κ3) is 3.92. The van der Waals surface area contributed by atoms with Crippen LogP contribution in [-0.4, -0.2) is 6.54 Å². The van der Waals surface area contributed by atoms with Crippen molar-refractivity contribution in [1.82, 2.24) is 5.32 Å². The van der Waals surface area contributed by atoms with Gasteiger partial charge >= 0.3 is 0 Å². The van der Waals surface area contributed by atoms with Crippen molar-refractivity contribution < 1.29 is 0 Å². The summed E-state index contributed by atoms with van der Waals surface area (Å²) in [7, 11) is 0. The molecule has 0 aliphatic heterocycles. The van der Waals surface area contributed by atoms with E-state index < -0.39 is 0 Å². The van der Waals surface area contributed by atoms with E-state index in [0.29, 0.717) is 12.1 Å². The molecule has 0 spiro atoms. The van der Waals surface area contributed by atoms with E-state index in [2.05, 4.69) is 11.4 Å². The summed E-state index contributed by atoms with van der Waals surface area (Å²) in [6.07, 6.45) is 0. The lowest BCUT2D eigenvalue weighted by Crippen LogP contribution is -2.26. The number of nitriles is 1. The molecule has 0 heterocycles. The molecule has 3 nitrogen and oxygen atoms in total. The van der Waals surface area contributed by atoms with Crippen molar-refractivity contribution in [2.75, 3.05) is 6.54 Å². The Morgan fingerprint density at radius 1 is 1.11 bits per heavy atom. The Morgan fingerprint density at radius 3 is 2.63 bits per heavy atom. The Kier molecular flexibility index (Phi) is 4.68. The van der Waals surface area contributed by atoms with Crippen molar-refractivity contribution >= 4 is 0 Å². The number of nitrogens with zero attached hydrogens (tertiary/aromatic N) is 1. The summed E-state index contributed by atoms with van der Waals surface area (Å²) in [5.74, 6) is 0. The fraction of sp³-hybridized carbons (Fsp3) is 0.188. The van der Waals surface area contributed by atoms with Gasteiger partial charge in [0.2, 0.25) is 0 Å². The highest BCUT2D eigenvalue weighted by molar-refractivity contribution is 5.32. The number of hydrogen-bond acceptors (Lipinski definition) is 3. The predicted molar refractivity (Wildman–Crippen MR) is 76.2 cm³/mol. The lowest BCUT2D eigenvalue weighted by Gasteiger charge is -2.13. The zero-order chi connectivity index (χ0) is 13.5. The zero-order valence-electron chi connectivity index (χ0n) is 10.7. The van der Waals surface area contributed by atoms with Gasteiger partial charge in [-0.1, -0.05) is 42.5 Å². The third-order valence-electron chi connectivity index (χ3n) is 2.98. The minimum absolute atomic E-state index is 0.0136. The molecule has 19 heavy (non-hydrogen) atoms. The summed E-state index contributed by atoms with van der Waals surface area (Å²) in [4.78, 5) is 0. The Labute approximate surface area is 113 Å². The van der Waals surface area contributed by atoms with Gasteiger partial charge in [-0.15, -0.1) is 0 Å². The fourth-order valence-corrected chi connectivity index (χ4v) is 1.94. The van der Waals surface area contributed by atoms with Crippen LogP contribution in [0.15, 0.2) is 54.6 Å². The first-order chi connectivity index (χ1) is 9.29. The van der Waals surface area contributed by atoms with Crippen LogP contribution in [0.25, 0.3) is 0 Å². The van der Waals surface area contributed by atoms with Crippen LogP contribution in [0, 0.1) is 11.3 Å². The largest absolute Gasteiger partial charge is 0.323 e. The van der Waals surface area contributed by atoms with Crippen LogP contribution in [0.1, 0.15) is 22.7 Å². The van der Waals surface area contributed by atoms with E-state index in [1.807, 2.05) is 48.5 Å². The summed E-state index contributed by atoms with van der Waals surface area (Å²) in [6.45, 7) is 1.43. The first kappa shape index (κ1) is 13.3. The van der Waals surface area contributed by atoms with Crippen LogP contribution in [0.2, 0.25) is 0 Å². The van der Waals surface area contributed by atoms with Crippen molar-refractivity contribution in [1.29, 1.82) is 5.26 Å². The molecule has 0 saturated carbocycles. The van der Waals surface area contributed by atoms with Gasteiger partial charge in [-0.2, -0.15) is 5.26 Å². The van der Waals surface area contributed by atoms with Gasteiger partial charge in [0, 0.05) is 19.1 Å². The van der Waals surface area contributed by atoms with E-state index in [-0.39, 0.29) is 6.04 Å². The van der Waals surface area contributed by atoms with Crippen LogP contribution < -0.4 is 11.1 Å². The van der Waals surface area contributed by atoms with Crippen molar-refractivity contribution in [3.8, 4) is 6.07 Å². The topological polar surface area (TPSA) is 61.8 Å². The van der Waals surface area contributed by atoms with E-state index in [0.717, 1.165) is 17.7 Å². The average Bonchev–Trinajstić information content (AvgIpc) is 2.48. The maximum atomic E-state index is 8.83. The molecule has 0 aliphatic rings. The minimum Gasteiger partial charge on any atom is -0.323 e. The SMILES string of the molecule is N#Cc1cccc(CNC[C@@H](N)c2ccccc2)c1. The van der Waals surface area contributed by atoms with Crippen LogP contribution in [0.3, 0.4) is 0 Å². The second-order valence-corrected chi connectivity index (χ2v) is 4.46. The van der Waals surface area contributed by atoms with Gasteiger partial charge in [-0.3, -0.25) is 0 Å². The smallest absolute Gasteiger partial charge is 0.0991 e. The summed E-state index contributed by atoms with van der Waals surface area (Å²) in [6, 6.07) is 19.7. The summed E-state index contributed by atoms with van der Waals surface area (Å²) in [5.41, 5.74) is 9.01. The molecule has 2 aromatic carbocycles.